The van der Waals surface area contributed by atoms with Gasteiger partial charge in [-0.3, -0.25) is 0 Å². The van der Waals surface area contributed by atoms with E-state index in [9.17, 15) is 0 Å². The monoisotopic (exact) mass is 435 g/mol. The Kier molecular flexibility index (Phi) is 4.15. The summed E-state index contributed by atoms with van der Waals surface area (Å²) in [6.07, 6.45) is 1.91. The van der Waals surface area contributed by atoms with Crippen LogP contribution in [0.2, 0.25) is 0 Å². The molecule has 0 spiro atoms. The van der Waals surface area contributed by atoms with Gasteiger partial charge in [0.2, 0.25) is 0 Å². The first-order valence-corrected chi connectivity index (χ1v) is 11.5. The number of rotatable bonds is 3. The molecule has 3 heteroatoms. The Bertz CT molecular complexity index is 1730. The molecule has 0 atom stereocenters. The average molecular weight is 436 g/mol. The van der Waals surface area contributed by atoms with E-state index in [1.54, 1.807) is 0 Å². The summed E-state index contributed by atoms with van der Waals surface area (Å²) in [6.45, 7) is 0. The van der Waals surface area contributed by atoms with Crippen LogP contribution in [0.3, 0.4) is 0 Å². The van der Waals surface area contributed by atoms with Crippen molar-refractivity contribution in [1.29, 1.82) is 0 Å². The van der Waals surface area contributed by atoms with Gasteiger partial charge in [0.25, 0.3) is 0 Å². The van der Waals surface area contributed by atoms with Gasteiger partial charge >= 0.3 is 0 Å². The first-order valence-electron chi connectivity index (χ1n) is 11.5. The second kappa shape index (κ2) is 7.46. The molecule has 0 aliphatic heterocycles. The van der Waals surface area contributed by atoms with Crippen molar-refractivity contribution >= 4 is 32.7 Å². The lowest BCUT2D eigenvalue weighted by Crippen LogP contribution is -1.95. The summed E-state index contributed by atoms with van der Waals surface area (Å²) in [5.74, 6) is 0. The van der Waals surface area contributed by atoms with Crippen LogP contribution in [0.4, 0.5) is 0 Å². The van der Waals surface area contributed by atoms with Gasteiger partial charge in [0.05, 0.1) is 28.4 Å². The summed E-state index contributed by atoms with van der Waals surface area (Å²) in [6, 6.07) is 42.9. The van der Waals surface area contributed by atoms with Crippen LogP contribution < -0.4 is 0 Å². The molecular formula is C31H21N3. The second-order valence-corrected chi connectivity index (χ2v) is 8.58. The molecule has 2 heterocycles. The van der Waals surface area contributed by atoms with Gasteiger partial charge in [-0.1, -0.05) is 78.9 Å². The van der Waals surface area contributed by atoms with Crippen molar-refractivity contribution in [2.24, 2.45) is 0 Å². The molecule has 2 aromatic heterocycles. The van der Waals surface area contributed by atoms with Gasteiger partial charge in [0, 0.05) is 21.8 Å². The van der Waals surface area contributed by atoms with Gasteiger partial charge < -0.3 is 4.57 Å². The van der Waals surface area contributed by atoms with Crippen molar-refractivity contribution in [3.8, 4) is 22.5 Å². The van der Waals surface area contributed by atoms with Crippen LogP contribution in [0.25, 0.3) is 55.2 Å². The van der Waals surface area contributed by atoms with E-state index in [4.69, 9.17) is 0 Å². The highest BCUT2D eigenvalue weighted by Gasteiger charge is 2.11. The van der Waals surface area contributed by atoms with E-state index in [0.29, 0.717) is 0 Å². The molecular weight excluding hydrogens is 414 g/mol. The summed E-state index contributed by atoms with van der Waals surface area (Å²) in [7, 11) is 0. The summed E-state index contributed by atoms with van der Waals surface area (Å²) >= 11 is 0. The van der Waals surface area contributed by atoms with E-state index in [-0.39, 0.29) is 0 Å². The number of fused-ring (bicyclic) bond motifs is 4. The standard InChI is InChI=1S/C31H21N3/c1-4-10-29-24(7-1)21-32-34(29)26-19-15-23(16-20-26)22-13-17-25(18-14-22)33-30-11-5-2-8-27(30)28-9-3-6-12-31(28)33/h1-21H. The highest BCUT2D eigenvalue weighted by molar-refractivity contribution is 6.09. The molecule has 0 saturated heterocycles. The Morgan fingerprint density at radius 2 is 0.941 bits per heavy atom. The van der Waals surface area contributed by atoms with Crippen LogP contribution in [0.5, 0.6) is 0 Å². The smallest absolute Gasteiger partial charge is 0.0741 e. The van der Waals surface area contributed by atoms with E-state index >= 15 is 0 Å². The summed E-state index contributed by atoms with van der Waals surface area (Å²) in [5, 5.41) is 8.28. The Morgan fingerprint density at radius 1 is 0.441 bits per heavy atom. The fraction of sp³-hybridized carbons (Fsp3) is 0. The van der Waals surface area contributed by atoms with Crippen LogP contribution >= 0.6 is 0 Å². The molecule has 0 radical (unpaired) electrons. The van der Waals surface area contributed by atoms with Crippen molar-refractivity contribution in [2.75, 3.05) is 0 Å². The maximum atomic E-state index is 4.57. The average Bonchev–Trinajstić information content (AvgIpc) is 3.49. The van der Waals surface area contributed by atoms with Gasteiger partial charge in [-0.05, 0) is 53.6 Å². The minimum Gasteiger partial charge on any atom is -0.309 e. The van der Waals surface area contributed by atoms with Crippen molar-refractivity contribution in [3.63, 3.8) is 0 Å². The van der Waals surface area contributed by atoms with Crippen molar-refractivity contribution in [2.45, 2.75) is 0 Å². The molecule has 0 fully saturated rings. The first-order chi connectivity index (χ1) is 16.9. The number of para-hydroxylation sites is 3. The van der Waals surface area contributed by atoms with Gasteiger partial charge in [0.15, 0.2) is 0 Å². The van der Waals surface area contributed by atoms with E-state index in [0.717, 1.165) is 16.6 Å². The summed E-state index contributed by atoms with van der Waals surface area (Å²) in [5.41, 5.74) is 8.19. The second-order valence-electron chi connectivity index (χ2n) is 8.58. The van der Waals surface area contributed by atoms with Gasteiger partial charge in [-0.25, -0.2) is 4.68 Å². The van der Waals surface area contributed by atoms with Crippen LogP contribution in [0, 0.1) is 0 Å². The Balaban J connectivity index is 1.26. The van der Waals surface area contributed by atoms with Crippen LogP contribution in [-0.2, 0) is 0 Å². The normalized spacial score (nSPS) is 11.5. The first kappa shape index (κ1) is 18.9. The minimum atomic E-state index is 1.06. The molecule has 0 bridgehead atoms. The maximum absolute atomic E-state index is 4.57. The zero-order valence-electron chi connectivity index (χ0n) is 18.5. The van der Waals surface area contributed by atoms with Crippen molar-refractivity contribution in [1.82, 2.24) is 14.3 Å². The van der Waals surface area contributed by atoms with Gasteiger partial charge in [0.1, 0.15) is 0 Å². The maximum Gasteiger partial charge on any atom is 0.0741 e. The molecule has 0 aliphatic rings. The fourth-order valence-corrected chi connectivity index (χ4v) is 4.98. The van der Waals surface area contributed by atoms with E-state index in [1.165, 1.54) is 38.6 Å². The van der Waals surface area contributed by atoms with Crippen molar-refractivity contribution in [3.05, 3.63) is 128 Å². The Morgan fingerprint density at radius 3 is 1.56 bits per heavy atom. The molecule has 7 aromatic rings. The zero-order valence-corrected chi connectivity index (χ0v) is 18.5. The SMILES string of the molecule is c1ccc2c(c1)cnn2-c1ccc(-c2ccc(-n3c4ccccc4c4ccccc43)cc2)cc1. The van der Waals surface area contributed by atoms with E-state index in [2.05, 4.69) is 119 Å². The lowest BCUT2D eigenvalue weighted by atomic mass is 10.0. The lowest BCUT2D eigenvalue weighted by molar-refractivity contribution is 0.911. The third-order valence-corrected chi connectivity index (χ3v) is 6.63. The number of aromatic nitrogens is 3. The number of hydrogen-bond acceptors (Lipinski definition) is 1. The number of hydrogen-bond donors (Lipinski definition) is 0. The molecule has 160 valence electrons. The van der Waals surface area contributed by atoms with Crippen LogP contribution in [0.15, 0.2) is 128 Å². The molecule has 0 amide bonds. The van der Waals surface area contributed by atoms with Crippen LogP contribution in [-0.4, -0.2) is 14.3 Å². The van der Waals surface area contributed by atoms with E-state index < -0.39 is 0 Å². The third-order valence-electron chi connectivity index (χ3n) is 6.63. The molecule has 0 saturated carbocycles. The predicted octanol–water partition coefficient (Wildman–Crippen LogP) is 7.79. The van der Waals surface area contributed by atoms with Crippen LogP contribution in [0.1, 0.15) is 0 Å². The largest absolute Gasteiger partial charge is 0.309 e. The molecule has 3 nitrogen and oxygen atoms in total. The highest BCUT2D eigenvalue weighted by Crippen LogP contribution is 2.32. The topological polar surface area (TPSA) is 22.8 Å². The number of nitrogens with zero attached hydrogens (tertiary/aromatic N) is 3. The van der Waals surface area contributed by atoms with E-state index in [1.807, 2.05) is 23.0 Å². The fourth-order valence-electron chi connectivity index (χ4n) is 4.98. The molecule has 5 aromatic carbocycles. The lowest BCUT2D eigenvalue weighted by Gasteiger charge is -2.10. The quantitative estimate of drug-likeness (QED) is 0.278. The Labute approximate surface area is 197 Å². The predicted molar refractivity (Wildman–Crippen MR) is 141 cm³/mol. The third kappa shape index (κ3) is 2.87. The molecule has 0 N–H and O–H groups in total. The molecule has 0 aliphatic carbocycles. The summed E-state index contributed by atoms with van der Waals surface area (Å²) in [4.78, 5) is 0. The van der Waals surface area contributed by atoms with Gasteiger partial charge in [-0.2, -0.15) is 5.10 Å². The minimum absolute atomic E-state index is 1.06. The summed E-state index contributed by atoms with van der Waals surface area (Å²) < 4.78 is 4.34. The Hall–Kier alpha value is -4.63. The zero-order chi connectivity index (χ0) is 22.5. The molecule has 0 unspecified atom stereocenters. The number of benzene rings is 5. The van der Waals surface area contributed by atoms with Gasteiger partial charge in [-0.15, -0.1) is 0 Å². The highest BCUT2D eigenvalue weighted by atomic mass is 15.3. The van der Waals surface area contributed by atoms with Crippen molar-refractivity contribution < 1.29 is 0 Å². The molecule has 34 heavy (non-hydrogen) atoms. The molecule has 7 rings (SSSR count).